The number of amides is 1. The first-order valence-electron chi connectivity index (χ1n) is 4.53. The number of H-pyrrole nitrogens is 1. The van der Waals surface area contributed by atoms with Gasteiger partial charge in [-0.25, -0.2) is 0 Å². The number of rotatable bonds is 3. The van der Waals surface area contributed by atoms with Crippen molar-refractivity contribution in [2.45, 2.75) is 26.8 Å². The van der Waals surface area contributed by atoms with E-state index in [-0.39, 0.29) is 11.9 Å². The topological polar surface area (TPSA) is 57.8 Å². The van der Waals surface area contributed by atoms with Crippen LogP contribution in [0.5, 0.6) is 0 Å². The minimum absolute atomic E-state index is 0.0168. The molecule has 14 heavy (non-hydrogen) atoms. The third-order valence-electron chi connectivity index (χ3n) is 1.80. The van der Waals surface area contributed by atoms with Crippen molar-refractivity contribution in [3.63, 3.8) is 0 Å². The second kappa shape index (κ2) is 4.60. The van der Waals surface area contributed by atoms with Crippen molar-refractivity contribution in [1.82, 2.24) is 15.5 Å². The largest absolute Gasteiger partial charge is 0.346 e. The average Bonchev–Trinajstić information content (AvgIpc) is 2.53. The number of aromatic amines is 1. The van der Waals surface area contributed by atoms with Gasteiger partial charge in [0.2, 0.25) is 5.91 Å². The number of carbonyl (C=O) groups is 1. The van der Waals surface area contributed by atoms with E-state index in [9.17, 15) is 4.79 Å². The fourth-order valence-electron chi connectivity index (χ4n) is 1.10. The summed E-state index contributed by atoms with van der Waals surface area (Å²) in [6.07, 6.45) is 5.05. The number of nitrogens with zero attached hydrogens (tertiary/aromatic N) is 1. The highest BCUT2D eigenvalue weighted by Gasteiger charge is 2.07. The summed E-state index contributed by atoms with van der Waals surface area (Å²) in [5.41, 5.74) is 1.96. The van der Waals surface area contributed by atoms with Crippen LogP contribution in [0.25, 0.3) is 0 Å². The molecule has 1 unspecified atom stereocenters. The van der Waals surface area contributed by atoms with Crippen LogP contribution < -0.4 is 5.32 Å². The number of allylic oxidation sites excluding steroid dienone is 1. The molecule has 0 aromatic carbocycles. The Labute approximate surface area is 83.4 Å². The van der Waals surface area contributed by atoms with Gasteiger partial charge in [0, 0.05) is 17.8 Å². The molecule has 4 nitrogen and oxygen atoms in total. The van der Waals surface area contributed by atoms with Crippen molar-refractivity contribution in [3.05, 3.63) is 29.6 Å². The molecule has 0 radical (unpaired) electrons. The summed E-state index contributed by atoms with van der Waals surface area (Å²) < 4.78 is 0. The summed E-state index contributed by atoms with van der Waals surface area (Å²) >= 11 is 0. The van der Waals surface area contributed by atoms with Gasteiger partial charge in [-0.3, -0.25) is 9.89 Å². The minimum Gasteiger partial charge on any atom is -0.346 e. The molecule has 1 heterocycles. The third kappa shape index (κ3) is 3.05. The van der Waals surface area contributed by atoms with Gasteiger partial charge in [0.25, 0.3) is 0 Å². The van der Waals surface area contributed by atoms with Crippen LogP contribution >= 0.6 is 0 Å². The average molecular weight is 193 g/mol. The summed E-state index contributed by atoms with van der Waals surface area (Å²) in [5.74, 6) is -0.0706. The van der Waals surface area contributed by atoms with E-state index in [1.54, 1.807) is 18.5 Å². The molecule has 0 saturated carbocycles. The molecular formula is C10H15N3O. The third-order valence-corrected chi connectivity index (χ3v) is 1.80. The fourth-order valence-corrected chi connectivity index (χ4v) is 1.10. The predicted molar refractivity (Wildman–Crippen MR) is 54.6 cm³/mol. The smallest absolute Gasteiger partial charge is 0.244 e. The Bertz CT molecular complexity index is 323. The van der Waals surface area contributed by atoms with Gasteiger partial charge in [0.1, 0.15) is 0 Å². The number of carbonyl (C=O) groups excluding carboxylic acids is 1. The highest BCUT2D eigenvalue weighted by molar-refractivity contribution is 5.88. The Balaban J connectivity index is 2.54. The Morgan fingerprint density at radius 1 is 1.64 bits per heavy atom. The maximum Gasteiger partial charge on any atom is 0.244 e. The van der Waals surface area contributed by atoms with Crippen molar-refractivity contribution in [2.75, 3.05) is 0 Å². The molecule has 1 aromatic rings. The van der Waals surface area contributed by atoms with E-state index >= 15 is 0 Å². The Kier molecular flexibility index (Phi) is 3.45. The van der Waals surface area contributed by atoms with Crippen LogP contribution in [-0.2, 0) is 4.79 Å². The highest BCUT2D eigenvalue weighted by atomic mass is 16.1. The summed E-state index contributed by atoms with van der Waals surface area (Å²) in [6, 6.07) is -0.0168. The summed E-state index contributed by atoms with van der Waals surface area (Å²) in [5, 5.41) is 9.37. The van der Waals surface area contributed by atoms with E-state index < -0.39 is 0 Å². The van der Waals surface area contributed by atoms with Crippen LogP contribution in [0, 0.1) is 0 Å². The SMILES string of the molecule is CC(C)=CC(=O)NC(C)c1cn[nH]c1. The van der Waals surface area contributed by atoms with Gasteiger partial charge in [-0.1, -0.05) is 5.57 Å². The lowest BCUT2D eigenvalue weighted by molar-refractivity contribution is -0.117. The highest BCUT2D eigenvalue weighted by Crippen LogP contribution is 2.08. The molecule has 0 saturated heterocycles. The minimum atomic E-state index is -0.0706. The molecule has 4 heteroatoms. The molecule has 1 atom stereocenters. The first kappa shape index (κ1) is 10.5. The summed E-state index contributed by atoms with van der Waals surface area (Å²) in [7, 11) is 0. The van der Waals surface area contributed by atoms with E-state index in [1.807, 2.05) is 20.8 Å². The van der Waals surface area contributed by atoms with E-state index in [2.05, 4.69) is 15.5 Å². The van der Waals surface area contributed by atoms with Gasteiger partial charge in [0.15, 0.2) is 0 Å². The second-order valence-corrected chi connectivity index (χ2v) is 3.48. The number of hydrogen-bond acceptors (Lipinski definition) is 2. The quantitative estimate of drug-likeness (QED) is 0.715. The predicted octanol–water partition coefficient (Wildman–Crippen LogP) is 1.55. The molecule has 0 spiro atoms. The van der Waals surface area contributed by atoms with Crippen LogP contribution in [-0.4, -0.2) is 16.1 Å². The summed E-state index contributed by atoms with van der Waals surface area (Å²) in [4.78, 5) is 11.3. The van der Waals surface area contributed by atoms with E-state index in [0.29, 0.717) is 0 Å². The Morgan fingerprint density at radius 3 is 2.86 bits per heavy atom. The van der Waals surface area contributed by atoms with Crippen molar-refractivity contribution in [2.24, 2.45) is 0 Å². The molecule has 76 valence electrons. The van der Waals surface area contributed by atoms with Crippen molar-refractivity contribution >= 4 is 5.91 Å². The zero-order valence-corrected chi connectivity index (χ0v) is 8.66. The maximum atomic E-state index is 11.3. The van der Waals surface area contributed by atoms with Crippen LogP contribution in [0.3, 0.4) is 0 Å². The first-order chi connectivity index (χ1) is 6.59. The molecule has 0 aliphatic heterocycles. The lowest BCUT2D eigenvalue weighted by atomic mass is 10.2. The normalized spacial score (nSPS) is 11.9. The van der Waals surface area contributed by atoms with E-state index in [1.165, 1.54) is 0 Å². The zero-order chi connectivity index (χ0) is 10.6. The van der Waals surface area contributed by atoms with Crippen LogP contribution in [0.2, 0.25) is 0 Å². The summed E-state index contributed by atoms with van der Waals surface area (Å²) in [6.45, 7) is 5.70. The van der Waals surface area contributed by atoms with Crippen LogP contribution in [0.15, 0.2) is 24.0 Å². The molecule has 0 fully saturated rings. The first-order valence-corrected chi connectivity index (χ1v) is 4.53. The maximum absolute atomic E-state index is 11.3. The van der Waals surface area contributed by atoms with Gasteiger partial charge in [0.05, 0.1) is 12.2 Å². The Hall–Kier alpha value is -1.58. The lowest BCUT2D eigenvalue weighted by Gasteiger charge is -2.09. The molecule has 0 aliphatic carbocycles. The standard InChI is InChI=1S/C10H15N3O/c1-7(2)4-10(14)13-8(3)9-5-11-12-6-9/h4-6,8H,1-3H3,(H,11,12)(H,13,14). The molecule has 1 rings (SSSR count). The van der Waals surface area contributed by atoms with E-state index in [0.717, 1.165) is 11.1 Å². The zero-order valence-electron chi connectivity index (χ0n) is 8.66. The van der Waals surface area contributed by atoms with Gasteiger partial charge in [-0.15, -0.1) is 0 Å². The van der Waals surface area contributed by atoms with Gasteiger partial charge >= 0.3 is 0 Å². The molecular weight excluding hydrogens is 178 g/mol. The van der Waals surface area contributed by atoms with Crippen LogP contribution in [0.1, 0.15) is 32.4 Å². The fraction of sp³-hybridized carbons (Fsp3) is 0.400. The number of aromatic nitrogens is 2. The van der Waals surface area contributed by atoms with Gasteiger partial charge in [-0.2, -0.15) is 5.10 Å². The molecule has 2 N–H and O–H groups in total. The number of hydrogen-bond donors (Lipinski definition) is 2. The van der Waals surface area contributed by atoms with Crippen molar-refractivity contribution in [1.29, 1.82) is 0 Å². The molecule has 1 aromatic heterocycles. The second-order valence-electron chi connectivity index (χ2n) is 3.48. The van der Waals surface area contributed by atoms with Gasteiger partial charge in [-0.05, 0) is 20.8 Å². The Morgan fingerprint density at radius 2 is 2.36 bits per heavy atom. The van der Waals surface area contributed by atoms with Gasteiger partial charge < -0.3 is 5.32 Å². The lowest BCUT2D eigenvalue weighted by Crippen LogP contribution is -2.24. The molecule has 1 amide bonds. The van der Waals surface area contributed by atoms with Crippen molar-refractivity contribution in [3.8, 4) is 0 Å². The molecule has 0 bridgehead atoms. The number of nitrogens with one attached hydrogen (secondary N) is 2. The van der Waals surface area contributed by atoms with Crippen LogP contribution in [0.4, 0.5) is 0 Å². The van der Waals surface area contributed by atoms with E-state index in [4.69, 9.17) is 0 Å². The van der Waals surface area contributed by atoms with Crippen molar-refractivity contribution < 1.29 is 4.79 Å². The molecule has 0 aliphatic rings. The monoisotopic (exact) mass is 193 g/mol.